The molecule has 9 heteroatoms. The van der Waals surface area contributed by atoms with E-state index in [9.17, 15) is 13.2 Å². The van der Waals surface area contributed by atoms with Crippen LogP contribution in [0.1, 0.15) is 35.2 Å². The molecule has 6 rings (SSSR count). The molecule has 2 aliphatic heterocycles. The molecule has 6 nitrogen and oxygen atoms in total. The third-order valence-corrected chi connectivity index (χ3v) is 8.94. The first-order valence-electron chi connectivity index (χ1n) is 16.4. The summed E-state index contributed by atoms with van der Waals surface area (Å²) in [4.78, 5) is 7.91. The van der Waals surface area contributed by atoms with Gasteiger partial charge in [-0.1, -0.05) is 91.0 Å². The Morgan fingerprint density at radius 2 is 1.19 bits per heavy atom. The molecule has 2 saturated heterocycles. The number of hydrogen-bond donors (Lipinski definition) is 0. The monoisotopic (exact) mass is 645 g/mol. The highest BCUT2D eigenvalue weighted by Gasteiger charge is 2.41. The van der Waals surface area contributed by atoms with E-state index in [1.54, 1.807) is 6.07 Å². The quantitative estimate of drug-likeness (QED) is 0.160. The second kappa shape index (κ2) is 15.9. The first kappa shape index (κ1) is 33.2. The fraction of sp³-hybridized carbons (Fsp3) is 0.395. The van der Waals surface area contributed by atoms with Crippen molar-refractivity contribution in [2.24, 2.45) is 5.92 Å². The molecule has 0 bridgehead atoms. The normalized spacial score (nSPS) is 21.2. The van der Waals surface area contributed by atoms with Crippen molar-refractivity contribution in [3.8, 4) is 0 Å². The van der Waals surface area contributed by atoms with Crippen LogP contribution in [-0.4, -0.2) is 60.9 Å². The van der Waals surface area contributed by atoms with Crippen molar-refractivity contribution in [3.05, 3.63) is 132 Å². The number of aromatic nitrogens is 1. The van der Waals surface area contributed by atoms with Crippen molar-refractivity contribution in [2.45, 2.75) is 57.2 Å². The van der Waals surface area contributed by atoms with Crippen molar-refractivity contribution >= 4 is 5.69 Å². The van der Waals surface area contributed by atoms with Crippen molar-refractivity contribution in [1.82, 2.24) is 9.88 Å². The summed E-state index contributed by atoms with van der Waals surface area (Å²) < 4.78 is 61.3. The molecule has 248 valence electrons. The first-order chi connectivity index (χ1) is 22.9. The molecule has 0 saturated carbocycles. The molecular formula is C38H42F3N3O3. The molecule has 0 N–H and O–H groups in total. The lowest BCUT2D eigenvalue weighted by molar-refractivity contribution is -0.185. The standard InChI is InChI=1S/C38H42F3N3O3/c39-38(40,41)37-33(19-10-20-42-37)44-21-11-18-32(23-44)22-43-24-34(45-26-29-12-4-1-5-13-29)36(47-28-31-16-8-3-9-17-31)35(25-43)46-27-30-14-6-2-7-15-30/h1-10,12-17,19-20,32,34-36H,11,18,21-28H2/t32-,34-,35-/m0/s1. The molecule has 4 aromatic rings. The SMILES string of the molecule is FC(F)(F)c1ncccc1N1CCC[C@@H](CN2C[C@H](OCc3ccccc3)C(OCc3ccccc3)[C@@H](OCc3ccccc3)C2)C1. The number of ether oxygens (including phenoxy) is 3. The van der Waals surface area contributed by atoms with Gasteiger partial charge in [0.2, 0.25) is 0 Å². The number of nitrogens with zero attached hydrogens (tertiary/aromatic N) is 3. The van der Waals surface area contributed by atoms with Crippen LogP contribution in [-0.2, 0) is 40.2 Å². The molecular weight excluding hydrogens is 603 g/mol. The summed E-state index contributed by atoms with van der Waals surface area (Å²) in [6, 6.07) is 33.4. The molecule has 2 aliphatic rings. The topological polar surface area (TPSA) is 47.1 Å². The van der Waals surface area contributed by atoms with Gasteiger partial charge < -0.3 is 19.1 Å². The minimum absolute atomic E-state index is 0.158. The highest BCUT2D eigenvalue weighted by atomic mass is 19.4. The van der Waals surface area contributed by atoms with Gasteiger partial charge >= 0.3 is 6.18 Å². The van der Waals surface area contributed by atoms with Crippen LogP contribution in [0.15, 0.2) is 109 Å². The van der Waals surface area contributed by atoms with Gasteiger partial charge in [0.15, 0.2) is 5.69 Å². The van der Waals surface area contributed by atoms with Gasteiger partial charge in [-0.2, -0.15) is 13.2 Å². The molecule has 0 spiro atoms. The fourth-order valence-electron chi connectivity index (χ4n) is 6.68. The van der Waals surface area contributed by atoms with Crippen LogP contribution in [0.25, 0.3) is 0 Å². The number of alkyl halides is 3. The number of piperidine rings is 2. The Balaban J connectivity index is 1.20. The summed E-state index contributed by atoms with van der Waals surface area (Å²) in [5.41, 5.74) is 2.57. The Morgan fingerprint density at radius 1 is 0.660 bits per heavy atom. The summed E-state index contributed by atoms with van der Waals surface area (Å²) in [6.07, 6.45) is -2.40. The van der Waals surface area contributed by atoms with Crippen LogP contribution < -0.4 is 4.90 Å². The van der Waals surface area contributed by atoms with Gasteiger partial charge in [0.1, 0.15) is 6.10 Å². The zero-order chi connectivity index (χ0) is 32.5. The molecule has 3 atom stereocenters. The average Bonchev–Trinajstić information content (AvgIpc) is 3.10. The molecule has 0 unspecified atom stereocenters. The Labute approximate surface area is 275 Å². The van der Waals surface area contributed by atoms with Gasteiger partial charge in [0.25, 0.3) is 0 Å². The lowest BCUT2D eigenvalue weighted by Gasteiger charge is -2.45. The van der Waals surface area contributed by atoms with Gasteiger partial charge in [-0.05, 0) is 47.6 Å². The third kappa shape index (κ3) is 9.20. The predicted molar refractivity (Wildman–Crippen MR) is 176 cm³/mol. The second-order valence-corrected chi connectivity index (χ2v) is 12.5. The number of rotatable bonds is 12. The van der Waals surface area contributed by atoms with Crippen LogP contribution >= 0.6 is 0 Å². The van der Waals surface area contributed by atoms with E-state index < -0.39 is 11.9 Å². The van der Waals surface area contributed by atoms with Crippen molar-refractivity contribution < 1.29 is 27.4 Å². The van der Waals surface area contributed by atoms with Crippen LogP contribution in [0, 0.1) is 5.92 Å². The Kier molecular flexibility index (Phi) is 11.2. The number of likely N-dealkylation sites (tertiary alicyclic amines) is 1. The van der Waals surface area contributed by atoms with E-state index in [2.05, 4.69) is 22.0 Å². The van der Waals surface area contributed by atoms with E-state index in [1.807, 2.05) is 83.8 Å². The van der Waals surface area contributed by atoms with Gasteiger partial charge in [-0.3, -0.25) is 4.90 Å². The van der Waals surface area contributed by atoms with Crippen LogP contribution in [0.3, 0.4) is 0 Å². The average molecular weight is 646 g/mol. The summed E-state index contributed by atoms with van der Waals surface area (Å²) in [5.74, 6) is 0.177. The number of anilines is 1. The van der Waals surface area contributed by atoms with Crippen molar-refractivity contribution in [1.29, 1.82) is 0 Å². The van der Waals surface area contributed by atoms with Crippen LogP contribution in [0.4, 0.5) is 18.9 Å². The third-order valence-electron chi connectivity index (χ3n) is 8.94. The van der Waals surface area contributed by atoms with E-state index in [-0.39, 0.29) is 29.9 Å². The predicted octanol–water partition coefficient (Wildman–Crippen LogP) is 7.39. The Morgan fingerprint density at radius 3 is 1.72 bits per heavy atom. The van der Waals surface area contributed by atoms with E-state index in [0.29, 0.717) is 46.0 Å². The van der Waals surface area contributed by atoms with Crippen molar-refractivity contribution in [2.75, 3.05) is 37.6 Å². The van der Waals surface area contributed by atoms with Gasteiger partial charge in [0, 0.05) is 38.9 Å². The van der Waals surface area contributed by atoms with Crippen molar-refractivity contribution in [3.63, 3.8) is 0 Å². The molecule has 3 aromatic carbocycles. The molecule has 47 heavy (non-hydrogen) atoms. The highest BCUT2D eigenvalue weighted by molar-refractivity contribution is 5.52. The fourth-order valence-corrected chi connectivity index (χ4v) is 6.68. The van der Waals surface area contributed by atoms with Gasteiger partial charge in [-0.25, -0.2) is 4.98 Å². The lowest BCUT2D eigenvalue weighted by Crippen LogP contribution is -2.59. The molecule has 2 fully saturated rings. The maximum absolute atomic E-state index is 13.8. The summed E-state index contributed by atoms with van der Waals surface area (Å²) in [5, 5.41) is 0. The largest absolute Gasteiger partial charge is 0.435 e. The number of benzene rings is 3. The zero-order valence-corrected chi connectivity index (χ0v) is 26.5. The smallest absolute Gasteiger partial charge is 0.369 e. The maximum atomic E-state index is 13.8. The summed E-state index contributed by atoms with van der Waals surface area (Å²) >= 11 is 0. The Hall–Kier alpha value is -3.76. The zero-order valence-electron chi connectivity index (χ0n) is 26.5. The second-order valence-electron chi connectivity index (χ2n) is 12.5. The molecule has 3 heterocycles. The summed E-state index contributed by atoms with van der Waals surface area (Å²) in [7, 11) is 0. The Bertz CT molecular complexity index is 1460. The first-order valence-corrected chi connectivity index (χ1v) is 16.4. The number of halogens is 3. The van der Waals surface area contributed by atoms with Gasteiger partial charge in [-0.15, -0.1) is 0 Å². The van der Waals surface area contributed by atoms with E-state index in [0.717, 1.165) is 36.1 Å². The van der Waals surface area contributed by atoms with Gasteiger partial charge in [0.05, 0.1) is 37.7 Å². The van der Waals surface area contributed by atoms with E-state index >= 15 is 0 Å². The number of pyridine rings is 1. The van der Waals surface area contributed by atoms with Crippen LogP contribution in [0.2, 0.25) is 0 Å². The number of hydrogen-bond acceptors (Lipinski definition) is 6. The maximum Gasteiger partial charge on any atom is 0.435 e. The molecule has 0 amide bonds. The van der Waals surface area contributed by atoms with E-state index in [1.165, 1.54) is 12.3 Å². The highest BCUT2D eigenvalue weighted by Crippen LogP contribution is 2.36. The molecule has 1 aromatic heterocycles. The molecule has 0 aliphatic carbocycles. The minimum atomic E-state index is -4.50. The van der Waals surface area contributed by atoms with E-state index in [4.69, 9.17) is 14.2 Å². The lowest BCUT2D eigenvalue weighted by atomic mass is 9.94. The molecule has 0 radical (unpaired) electrons. The van der Waals surface area contributed by atoms with Crippen LogP contribution in [0.5, 0.6) is 0 Å². The summed E-state index contributed by atoms with van der Waals surface area (Å²) in [6.45, 7) is 4.41. The minimum Gasteiger partial charge on any atom is -0.369 e.